The average Bonchev–Trinajstić information content (AvgIpc) is 3.15. The van der Waals surface area contributed by atoms with Crippen LogP contribution in [0.4, 0.5) is 0 Å². The van der Waals surface area contributed by atoms with Gasteiger partial charge in [0, 0.05) is 36.6 Å². The van der Waals surface area contributed by atoms with E-state index in [1.807, 2.05) is 26.8 Å². The zero-order valence-electron chi connectivity index (χ0n) is 17.9. The van der Waals surface area contributed by atoms with Gasteiger partial charge in [0.25, 0.3) is 0 Å². The molecule has 3 unspecified atom stereocenters. The van der Waals surface area contributed by atoms with Crippen LogP contribution < -0.4 is 16.4 Å². The number of rotatable bonds is 8. The summed E-state index contributed by atoms with van der Waals surface area (Å²) >= 11 is 0. The first kappa shape index (κ1) is 21.3. The predicted molar refractivity (Wildman–Crippen MR) is 113 cm³/mol. The molecular weight excluding hydrogens is 350 g/mol. The van der Waals surface area contributed by atoms with Gasteiger partial charge in [-0.3, -0.25) is 4.79 Å². The highest BCUT2D eigenvalue weighted by Gasteiger charge is 2.63. The third-order valence-electron chi connectivity index (χ3n) is 7.21. The van der Waals surface area contributed by atoms with Gasteiger partial charge in [-0.25, -0.2) is 0 Å². The molecule has 5 nitrogen and oxygen atoms in total. The van der Waals surface area contributed by atoms with Crippen LogP contribution in [-0.4, -0.2) is 36.2 Å². The highest BCUT2D eigenvalue weighted by atomic mass is 16.5. The van der Waals surface area contributed by atoms with Gasteiger partial charge in [0.15, 0.2) is 0 Å². The molecule has 0 heterocycles. The highest BCUT2D eigenvalue weighted by Crippen LogP contribution is 2.50. The lowest BCUT2D eigenvalue weighted by atomic mass is 9.54. The lowest BCUT2D eigenvalue weighted by Crippen LogP contribution is -2.76. The van der Waals surface area contributed by atoms with Crippen molar-refractivity contribution in [2.24, 2.45) is 11.1 Å². The Morgan fingerprint density at radius 3 is 2.46 bits per heavy atom. The molecule has 4 N–H and O–H groups in total. The van der Waals surface area contributed by atoms with Gasteiger partial charge in [0.05, 0.1) is 6.10 Å². The maximum atomic E-state index is 13.0. The largest absolute Gasteiger partial charge is 0.378 e. The van der Waals surface area contributed by atoms with E-state index in [4.69, 9.17) is 10.5 Å². The smallest absolute Gasteiger partial charge is 0.240 e. The summed E-state index contributed by atoms with van der Waals surface area (Å²) in [5.41, 5.74) is 6.54. The molecule has 0 bridgehead atoms. The van der Waals surface area contributed by atoms with E-state index in [2.05, 4.69) is 41.8 Å². The molecule has 5 heteroatoms. The second-order valence-electron chi connectivity index (χ2n) is 9.29. The lowest BCUT2D eigenvalue weighted by molar-refractivity contribution is -0.170. The van der Waals surface area contributed by atoms with Crippen molar-refractivity contribution in [3.05, 3.63) is 35.9 Å². The average molecular weight is 388 g/mol. The molecule has 1 aromatic carbocycles. The summed E-state index contributed by atoms with van der Waals surface area (Å²) in [5, 5.41) is 7.02. The molecule has 2 aliphatic carbocycles. The van der Waals surface area contributed by atoms with Crippen LogP contribution in [-0.2, 0) is 9.53 Å². The number of nitrogens with two attached hydrogens (primary N) is 1. The molecule has 3 atom stereocenters. The van der Waals surface area contributed by atoms with Crippen molar-refractivity contribution in [1.29, 1.82) is 0 Å². The molecule has 2 saturated carbocycles. The molecule has 1 amide bonds. The fraction of sp³-hybridized carbons (Fsp3) is 0.696. The van der Waals surface area contributed by atoms with Crippen LogP contribution in [0.3, 0.4) is 0 Å². The highest BCUT2D eigenvalue weighted by molar-refractivity contribution is 5.88. The fourth-order valence-corrected chi connectivity index (χ4v) is 4.94. The maximum absolute atomic E-state index is 13.0. The number of amides is 1. The summed E-state index contributed by atoms with van der Waals surface area (Å²) in [5.74, 6) is -0.0473. The van der Waals surface area contributed by atoms with Gasteiger partial charge < -0.3 is 21.1 Å². The van der Waals surface area contributed by atoms with Crippen LogP contribution in [0.1, 0.15) is 71.4 Å². The Morgan fingerprint density at radius 1 is 1.25 bits per heavy atom. The van der Waals surface area contributed by atoms with Crippen molar-refractivity contribution >= 4 is 5.91 Å². The van der Waals surface area contributed by atoms with Crippen molar-refractivity contribution in [2.75, 3.05) is 13.2 Å². The molecule has 3 rings (SSSR count). The van der Waals surface area contributed by atoms with E-state index in [1.165, 1.54) is 18.4 Å². The summed E-state index contributed by atoms with van der Waals surface area (Å²) < 4.78 is 5.77. The molecule has 2 fully saturated rings. The Bertz CT molecular complexity index is 670. The number of carbonyl (C=O) groups is 1. The van der Waals surface area contributed by atoms with Crippen molar-refractivity contribution in [1.82, 2.24) is 10.6 Å². The maximum Gasteiger partial charge on any atom is 0.240 e. The van der Waals surface area contributed by atoms with Crippen LogP contribution in [0.15, 0.2) is 30.3 Å². The van der Waals surface area contributed by atoms with Crippen molar-refractivity contribution < 1.29 is 9.53 Å². The molecule has 0 spiro atoms. The molecule has 1 aromatic rings. The van der Waals surface area contributed by atoms with Crippen LogP contribution in [0.2, 0.25) is 0 Å². The van der Waals surface area contributed by atoms with Gasteiger partial charge in [-0.2, -0.15) is 0 Å². The first-order valence-corrected chi connectivity index (χ1v) is 10.8. The summed E-state index contributed by atoms with van der Waals surface area (Å²) in [6, 6.07) is 10.7. The van der Waals surface area contributed by atoms with E-state index in [0.717, 1.165) is 12.8 Å². The normalized spacial score (nSPS) is 29.1. The minimum Gasteiger partial charge on any atom is -0.378 e. The van der Waals surface area contributed by atoms with E-state index >= 15 is 0 Å². The van der Waals surface area contributed by atoms with Crippen molar-refractivity contribution in [2.45, 2.75) is 83.0 Å². The second-order valence-corrected chi connectivity index (χ2v) is 9.29. The van der Waals surface area contributed by atoms with Gasteiger partial charge >= 0.3 is 0 Å². The monoisotopic (exact) mass is 387 g/mol. The molecule has 0 saturated heterocycles. The predicted octanol–water partition coefficient (Wildman–Crippen LogP) is 3.30. The standard InChI is InChI=1S/C23H37N3O2/c1-5-28-19-15-23(24,21(19,3)4)20(27)25-16-22(13-9-10-14-22)26-17(2)18-11-7-6-8-12-18/h6-8,11-12,17,19,26H,5,9-10,13-16,24H2,1-4H3,(H,25,27). The van der Waals surface area contributed by atoms with Crippen LogP contribution in [0.25, 0.3) is 0 Å². The summed E-state index contributed by atoms with van der Waals surface area (Å²) in [4.78, 5) is 13.0. The first-order valence-electron chi connectivity index (χ1n) is 10.8. The Labute approximate surface area is 169 Å². The molecule has 28 heavy (non-hydrogen) atoms. The summed E-state index contributed by atoms with van der Waals surface area (Å²) in [7, 11) is 0. The van der Waals surface area contributed by atoms with Gasteiger partial charge in [0.1, 0.15) is 5.54 Å². The minimum atomic E-state index is -0.863. The first-order chi connectivity index (χ1) is 13.2. The number of ether oxygens (including phenoxy) is 1. The minimum absolute atomic E-state index is 0.0462. The Balaban J connectivity index is 1.63. The van der Waals surface area contributed by atoms with Gasteiger partial charge in [-0.15, -0.1) is 0 Å². The zero-order valence-corrected chi connectivity index (χ0v) is 17.9. The van der Waals surface area contributed by atoms with E-state index < -0.39 is 5.54 Å². The molecule has 0 aliphatic heterocycles. The topological polar surface area (TPSA) is 76.4 Å². The second kappa shape index (κ2) is 8.13. The van der Waals surface area contributed by atoms with E-state index in [1.54, 1.807) is 0 Å². The number of nitrogens with one attached hydrogen (secondary N) is 2. The molecule has 2 aliphatic rings. The quantitative estimate of drug-likeness (QED) is 0.640. The lowest BCUT2D eigenvalue weighted by Gasteiger charge is -2.57. The molecule has 0 radical (unpaired) electrons. The van der Waals surface area contributed by atoms with E-state index in [9.17, 15) is 4.79 Å². The Kier molecular flexibility index (Phi) is 6.18. The van der Waals surface area contributed by atoms with E-state index in [-0.39, 0.29) is 29.0 Å². The molecule has 0 aromatic heterocycles. The zero-order chi connectivity index (χ0) is 20.4. The van der Waals surface area contributed by atoms with Crippen LogP contribution in [0, 0.1) is 5.41 Å². The number of hydrogen-bond donors (Lipinski definition) is 3. The van der Waals surface area contributed by atoms with Crippen molar-refractivity contribution in [3.63, 3.8) is 0 Å². The van der Waals surface area contributed by atoms with Crippen LogP contribution in [0.5, 0.6) is 0 Å². The van der Waals surface area contributed by atoms with Gasteiger partial charge in [-0.05, 0) is 32.3 Å². The Hall–Kier alpha value is -1.43. The Morgan fingerprint density at radius 2 is 1.89 bits per heavy atom. The fourth-order valence-electron chi connectivity index (χ4n) is 4.94. The molecular formula is C23H37N3O2. The number of carbonyl (C=O) groups excluding carboxylic acids is 1. The number of hydrogen-bond acceptors (Lipinski definition) is 4. The third kappa shape index (κ3) is 3.85. The third-order valence-corrected chi connectivity index (χ3v) is 7.21. The van der Waals surface area contributed by atoms with Crippen molar-refractivity contribution in [3.8, 4) is 0 Å². The molecule has 156 valence electrons. The summed E-state index contributed by atoms with van der Waals surface area (Å²) in [6.07, 6.45) is 5.16. The van der Waals surface area contributed by atoms with E-state index in [0.29, 0.717) is 19.6 Å². The number of benzene rings is 1. The van der Waals surface area contributed by atoms with Gasteiger partial charge in [-0.1, -0.05) is 57.0 Å². The van der Waals surface area contributed by atoms with Gasteiger partial charge in [0.2, 0.25) is 5.91 Å². The summed E-state index contributed by atoms with van der Waals surface area (Å²) in [6.45, 7) is 9.53. The SMILES string of the molecule is CCOC1CC(N)(C(=O)NCC2(NC(C)c3ccccc3)CCCC2)C1(C)C. The van der Waals surface area contributed by atoms with Crippen LogP contribution >= 0.6 is 0 Å².